The van der Waals surface area contributed by atoms with Crippen LogP contribution in [0.1, 0.15) is 39.5 Å². The maximum absolute atomic E-state index is 4.37. The van der Waals surface area contributed by atoms with Gasteiger partial charge in [0, 0.05) is 25.0 Å². The molecule has 1 aromatic heterocycles. The Balaban J connectivity index is 2.09. The first kappa shape index (κ1) is 11.4. The van der Waals surface area contributed by atoms with Crippen molar-refractivity contribution in [3.05, 3.63) is 18.5 Å². The normalized spacial score (nSPS) is 22.4. The lowest BCUT2D eigenvalue weighted by molar-refractivity contribution is 0.418. The van der Waals surface area contributed by atoms with Crippen LogP contribution in [-0.4, -0.2) is 22.6 Å². The molecule has 1 saturated heterocycles. The molecule has 88 valence electrons. The van der Waals surface area contributed by atoms with E-state index in [4.69, 9.17) is 0 Å². The van der Waals surface area contributed by atoms with Gasteiger partial charge in [-0.25, -0.2) is 9.97 Å². The highest BCUT2D eigenvalue weighted by molar-refractivity contribution is 5.32. The van der Waals surface area contributed by atoms with Crippen molar-refractivity contribution in [2.45, 2.75) is 45.6 Å². The lowest BCUT2D eigenvalue weighted by Gasteiger charge is -2.29. The van der Waals surface area contributed by atoms with Crippen molar-refractivity contribution in [2.75, 3.05) is 11.4 Å². The molecule has 16 heavy (non-hydrogen) atoms. The molecule has 0 amide bonds. The Labute approximate surface area is 97.9 Å². The van der Waals surface area contributed by atoms with E-state index in [0.717, 1.165) is 18.4 Å². The maximum Gasteiger partial charge on any atom is 0.225 e. The monoisotopic (exact) mass is 219 g/mol. The minimum Gasteiger partial charge on any atom is -0.338 e. The summed E-state index contributed by atoms with van der Waals surface area (Å²) in [4.78, 5) is 11.1. The quantitative estimate of drug-likeness (QED) is 0.779. The van der Waals surface area contributed by atoms with Crippen molar-refractivity contribution >= 4 is 5.95 Å². The highest BCUT2D eigenvalue weighted by atomic mass is 15.3. The fourth-order valence-electron chi connectivity index (χ4n) is 2.72. The Bertz CT molecular complexity index is 312. The Morgan fingerprint density at radius 2 is 2.19 bits per heavy atom. The van der Waals surface area contributed by atoms with Crippen LogP contribution in [0.15, 0.2) is 18.5 Å². The molecule has 1 aliphatic heterocycles. The number of hydrogen-bond acceptors (Lipinski definition) is 3. The molecule has 1 aromatic rings. The third-order valence-electron chi connectivity index (χ3n) is 3.51. The maximum atomic E-state index is 4.37. The van der Waals surface area contributed by atoms with Crippen LogP contribution in [0.5, 0.6) is 0 Å². The van der Waals surface area contributed by atoms with E-state index in [1.54, 1.807) is 0 Å². The van der Waals surface area contributed by atoms with Crippen LogP contribution >= 0.6 is 0 Å². The average Bonchev–Trinajstić information content (AvgIpc) is 2.79. The number of hydrogen-bond donors (Lipinski definition) is 0. The van der Waals surface area contributed by atoms with Gasteiger partial charge in [0.2, 0.25) is 5.95 Å². The third kappa shape index (κ3) is 2.34. The van der Waals surface area contributed by atoms with E-state index in [0.29, 0.717) is 6.04 Å². The zero-order valence-electron chi connectivity index (χ0n) is 10.3. The second-order valence-corrected chi connectivity index (χ2v) is 4.72. The predicted molar refractivity (Wildman–Crippen MR) is 66.5 cm³/mol. The van der Waals surface area contributed by atoms with E-state index in [1.165, 1.54) is 25.7 Å². The van der Waals surface area contributed by atoms with Crippen LogP contribution < -0.4 is 4.90 Å². The van der Waals surface area contributed by atoms with Gasteiger partial charge in [0.25, 0.3) is 0 Å². The van der Waals surface area contributed by atoms with Gasteiger partial charge in [0.1, 0.15) is 0 Å². The molecule has 0 aromatic carbocycles. The van der Waals surface area contributed by atoms with E-state index in [2.05, 4.69) is 28.7 Å². The Morgan fingerprint density at radius 3 is 2.88 bits per heavy atom. The second-order valence-electron chi connectivity index (χ2n) is 4.72. The first-order valence-electron chi connectivity index (χ1n) is 6.36. The van der Waals surface area contributed by atoms with E-state index in [1.807, 2.05) is 18.5 Å². The van der Waals surface area contributed by atoms with Gasteiger partial charge in [-0.15, -0.1) is 0 Å². The molecule has 0 N–H and O–H groups in total. The second kappa shape index (κ2) is 5.28. The zero-order valence-corrected chi connectivity index (χ0v) is 10.3. The summed E-state index contributed by atoms with van der Waals surface area (Å²) in [7, 11) is 0. The van der Waals surface area contributed by atoms with Crippen molar-refractivity contribution in [1.82, 2.24) is 9.97 Å². The minimum atomic E-state index is 0.641. The standard InChI is InChI=1S/C13H21N3/c1-3-6-11(2)12-7-4-10-16(12)13-14-8-5-9-15-13/h5,8-9,11-12H,3-4,6-7,10H2,1-2H3. The summed E-state index contributed by atoms with van der Waals surface area (Å²) >= 11 is 0. The van der Waals surface area contributed by atoms with Crippen LogP contribution in [0.3, 0.4) is 0 Å². The number of anilines is 1. The lowest BCUT2D eigenvalue weighted by atomic mass is 9.95. The molecular formula is C13H21N3. The zero-order chi connectivity index (χ0) is 11.4. The molecule has 0 spiro atoms. The van der Waals surface area contributed by atoms with Crippen LogP contribution in [0.4, 0.5) is 5.95 Å². The molecule has 0 aliphatic carbocycles. The topological polar surface area (TPSA) is 29.0 Å². The molecule has 0 radical (unpaired) electrons. The van der Waals surface area contributed by atoms with Gasteiger partial charge >= 0.3 is 0 Å². The molecule has 0 bridgehead atoms. The Hall–Kier alpha value is -1.12. The summed E-state index contributed by atoms with van der Waals surface area (Å²) in [5, 5.41) is 0. The van der Waals surface area contributed by atoms with Crippen LogP contribution in [0, 0.1) is 5.92 Å². The molecular weight excluding hydrogens is 198 g/mol. The molecule has 0 saturated carbocycles. The summed E-state index contributed by atoms with van der Waals surface area (Å²) < 4.78 is 0. The van der Waals surface area contributed by atoms with E-state index >= 15 is 0 Å². The van der Waals surface area contributed by atoms with Gasteiger partial charge in [0.05, 0.1) is 0 Å². The van der Waals surface area contributed by atoms with Crippen molar-refractivity contribution in [3.63, 3.8) is 0 Å². The van der Waals surface area contributed by atoms with Crippen LogP contribution in [-0.2, 0) is 0 Å². The number of nitrogens with zero attached hydrogens (tertiary/aromatic N) is 3. The van der Waals surface area contributed by atoms with Gasteiger partial charge in [-0.2, -0.15) is 0 Å². The molecule has 3 heteroatoms. The van der Waals surface area contributed by atoms with E-state index in [9.17, 15) is 0 Å². The van der Waals surface area contributed by atoms with E-state index < -0.39 is 0 Å². The average molecular weight is 219 g/mol. The fourth-order valence-corrected chi connectivity index (χ4v) is 2.72. The minimum absolute atomic E-state index is 0.641. The van der Waals surface area contributed by atoms with Crippen molar-refractivity contribution in [1.29, 1.82) is 0 Å². The van der Waals surface area contributed by atoms with Gasteiger partial charge < -0.3 is 4.90 Å². The van der Waals surface area contributed by atoms with Crippen LogP contribution in [0.2, 0.25) is 0 Å². The third-order valence-corrected chi connectivity index (χ3v) is 3.51. The molecule has 3 nitrogen and oxygen atoms in total. The highest BCUT2D eigenvalue weighted by Crippen LogP contribution is 2.29. The summed E-state index contributed by atoms with van der Waals surface area (Å²) in [5.74, 6) is 1.66. The van der Waals surface area contributed by atoms with Gasteiger partial charge in [0.15, 0.2) is 0 Å². The van der Waals surface area contributed by atoms with Crippen molar-refractivity contribution in [3.8, 4) is 0 Å². The molecule has 1 fully saturated rings. The smallest absolute Gasteiger partial charge is 0.225 e. The van der Waals surface area contributed by atoms with Crippen molar-refractivity contribution < 1.29 is 0 Å². The van der Waals surface area contributed by atoms with Crippen molar-refractivity contribution in [2.24, 2.45) is 5.92 Å². The summed E-state index contributed by atoms with van der Waals surface area (Å²) in [6.45, 7) is 5.73. The van der Waals surface area contributed by atoms with Gasteiger partial charge in [-0.3, -0.25) is 0 Å². The number of aromatic nitrogens is 2. The van der Waals surface area contributed by atoms with Gasteiger partial charge in [-0.1, -0.05) is 20.3 Å². The molecule has 2 rings (SSSR count). The molecule has 1 aliphatic rings. The molecule has 2 atom stereocenters. The predicted octanol–water partition coefficient (Wildman–Crippen LogP) is 2.88. The summed E-state index contributed by atoms with van der Waals surface area (Å²) in [6, 6.07) is 2.52. The first-order chi connectivity index (χ1) is 7.83. The summed E-state index contributed by atoms with van der Waals surface area (Å²) in [5.41, 5.74) is 0. The van der Waals surface area contributed by atoms with Crippen LogP contribution in [0.25, 0.3) is 0 Å². The molecule has 2 heterocycles. The lowest BCUT2D eigenvalue weighted by Crippen LogP contribution is -2.35. The number of rotatable bonds is 4. The highest BCUT2D eigenvalue weighted by Gasteiger charge is 2.30. The molecule has 2 unspecified atom stereocenters. The van der Waals surface area contributed by atoms with E-state index in [-0.39, 0.29) is 0 Å². The van der Waals surface area contributed by atoms with Gasteiger partial charge in [-0.05, 0) is 31.2 Å². The Morgan fingerprint density at radius 1 is 1.44 bits per heavy atom. The Kier molecular flexibility index (Phi) is 3.75. The SMILES string of the molecule is CCCC(C)C1CCCN1c1ncccn1. The first-order valence-corrected chi connectivity index (χ1v) is 6.36. The largest absolute Gasteiger partial charge is 0.338 e. The fraction of sp³-hybridized carbons (Fsp3) is 0.692. The summed E-state index contributed by atoms with van der Waals surface area (Å²) in [6.07, 6.45) is 8.80.